The Labute approximate surface area is 165 Å². The molecule has 2 heterocycles. The van der Waals surface area contributed by atoms with Crippen LogP contribution < -0.4 is 21.6 Å². The van der Waals surface area contributed by atoms with Crippen LogP contribution in [0, 0.1) is 0 Å². The quantitative estimate of drug-likeness (QED) is 0.407. The number of hydrogen-bond acceptors (Lipinski definition) is 6. The SMILES string of the molecule is COc1ccc2occ(/C=C/c3nc(N=C(N)N)nc4ccccc34)c(=O)c2c1. The lowest BCUT2D eigenvalue weighted by Crippen LogP contribution is -2.22. The minimum absolute atomic E-state index is 0.138. The standard InChI is InChI=1S/C21H17N5O3/c1-28-13-7-9-18-15(10-13)19(27)12(11-29-18)6-8-17-14-4-2-3-5-16(14)24-21(25-17)26-20(22)23/h2-11H,1H3,(H4,22,23,24,25,26)/b8-6+. The predicted molar refractivity (Wildman–Crippen MR) is 113 cm³/mol. The Morgan fingerprint density at radius 2 is 1.93 bits per heavy atom. The van der Waals surface area contributed by atoms with Crippen LogP contribution in [0.4, 0.5) is 5.95 Å². The number of rotatable bonds is 4. The van der Waals surface area contributed by atoms with E-state index in [-0.39, 0.29) is 17.3 Å². The van der Waals surface area contributed by atoms with E-state index in [4.69, 9.17) is 20.6 Å². The predicted octanol–water partition coefficient (Wildman–Crippen LogP) is 2.82. The molecule has 4 N–H and O–H groups in total. The summed E-state index contributed by atoms with van der Waals surface area (Å²) in [5.74, 6) is 0.576. The van der Waals surface area contributed by atoms with Gasteiger partial charge in [-0.1, -0.05) is 18.2 Å². The number of nitrogens with two attached hydrogens (primary N) is 2. The van der Waals surface area contributed by atoms with E-state index in [0.29, 0.717) is 33.5 Å². The van der Waals surface area contributed by atoms with Crippen molar-refractivity contribution >= 4 is 45.9 Å². The number of aromatic nitrogens is 2. The van der Waals surface area contributed by atoms with E-state index in [9.17, 15) is 4.79 Å². The summed E-state index contributed by atoms with van der Waals surface area (Å²) in [7, 11) is 1.54. The molecule has 144 valence electrons. The Hall–Kier alpha value is -4.20. The second kappa shape index (κ2) is 7.43. The molecule has 8 heteroatoms. The third-order valence-corrected chi connectivity index (χ3v) is 4.28. The maximum Gasteiger partial charge on any atom is 0.253 e. The molecule has 0 aliphatic heterocycles. The van der Waals surface area contributed by atoms with Crippen molar-refractivity contribution in [2.45, 2.75) is 0 Å². The van der Waals surface area contributed by atoms with Crippen molar-refractivity contribution in [1.82, 2.24) is 9.97 Å². The van der Waals surface area contributed by atoms with E-state index >= 15 is 0 Å². The zero-order valence-electron chi connectivity index (χ0n) is 15.5. The van der Waals surface area contributed by atoms with Crippen LogP contribution in [0.3, 0.4) is 0 Å². The fourth-order valence-electron chi connectivity index (χ4n) is 2.92. The lowest BCUT2D eigenvalue weighted by atomic mass is 10.1. The van der Waals surface area contributed by atoms with Crippen molar-refractivity contribution in [2.24, 2.45) is 16.5 Å². The molecule has 4 rings (SSSR count). The smallest absolute Gasteiger partial charge is 0.253 e. The highest BCUT2D eigenvalue weighted by molar-refractivity contribution is 5.90. The van der Waals surface area contributed by atoms with Gasteiger partial charge in [0.05, 0.1) is 29.3 Å². The molecule has 0 unspecified atom stereocenters. The molecule has 0 fully saturated rings. The van der Waals surface area contributed by atoms with Gasteiger partial charge in [-0.15, -0.1) is 0 Å². The van der Waals surface area contributed by atoms with E-state index in [1.54, 1.807) is 37.5 Å². The molecule has 2 aromatic carbocycles. The van der Waals surface area contributed by atoms with Crippen LogP contribution >= 0.6 is 0 Å². The van der Waals surface area contributed by atoms with Gasteiger partial charge in [0, 0.05) is 5.39 Å². The highest BCUT2D eigenvalue weighted by atomic mass is 16.5. The lowest BCUT2D eigenvalue weighted by molar-refractivity contribution is 0.415. The van der Waals surface area contributed by atoms with Crippen LogP contribution in [0.1, 0.15) is 11.3 Å². The molecule has 0 atom stereocenters. The Morgan fingerprint density at radius 3 is 2.72 bits per heavy atom. The number of benzene rings is 2. The van der Waals surface area contributed by atoms with Gasteiger partial charge in [0.1, 0.15) is 17.6 Å². The van der Waals surface area contributed by atoms with E-state index in [2.05, 4.69) is 15.0 Å². The van der Waals surface area contributed by atoms with Gasteiger partial charge >= 0.3 is 0 Å². The van der Waals surface area contributed by atoms with Gasteiger partial charge in [-0.05, 0) is 36.4 Å². The van der Waals surface area contributed by atoms with Gasteiger partial charge in [-0.2, -0.15) is 4.99 Å². The van der Waals surface area contributed by atoms with Crippen LogP contribution in [0.5, 0.6) is 5.75 Å². The molecule has 2 aromatic heterocycles. The Balaban J connectivity index is 1.83. The molecule has 8 nitrogen and oxygen atoms in total. The average molecular weight is 387 g/mol. The van der Waals surface area contributed by atoms with Gasteiger partial charge < -0.3 is 20.6 Å². The van der Waals surface area contributed by atoms with Gasteiger partial charge in [0.2, 0.25) is 0 Å². The van der Waals surface area contributed by atoms with Crippen molar-refractivity contribution in [3.05, 3.63) is 70.2 Å². The lowest BCUT2D eigenvalue weighted by Gasteiger charge is -2.04. The van der Waals surface area contributed by atoms with Crippen molar-refractivity contribution in [3.63, 3.8) is 0 Å². The van der Waals surface area contributed by atoms with Crippen LogP contribution in [-0.4, -0.2) is 23.0 Å². The van der Waals surface area contributed by atoms with Crippen LogP contribution in [0.15, 0.2) is 62.9 Å². The third kappa shape index (κ3) is 3.63. The van der Waals surface area contributed by atoms with Crippen LogP contribution in [0.2, 0.25) is 0 Å². The monoisotopic (exact) mass is 387 g/mol. The molecule has 0 spiro atoms. The summed E-state index contributed by atoms with van der Waals surface area (Å²) < 4.78 is 10.8. The summed E-state index contributed by atoms with van der Waals surface area (Å²) in [5, 5.41) is 1.23. The Morgan fingerprint density at radius 1 is 1.10 bits per heavy atom. The highest BCUT2D eigenvalue weighted by Gasteiger charge is 2.08. The van der Waals surface area contributed by atoms with E-state index in [1.807, 2.05) is 24.3 Å². The van der Waals surface area contributed by atoms with Crippen molar-refractivity contribution < 1.29 is 9.15 Å². The first-order chi connectivity index (χ1) is 14.0. The zero-order valence-corrected chi connectivity index (χ0v) is 15.5. The molecule has 0 saturated heterocycles. The minimum atomic E-state index is -0.177. The number of methoxy groups -OCH3 is 1. The maximum absolute atomic E-state index is 12.8. The number of aliphatic imine (C=N–C) groups is 1. The number of fused-ring (bicyclic) bond motifs is 2. The second-order valence-corrected chi connectivity index (χ2v) is 6.18. The number of ether oxygens (including phenoxy) is 1. The summed E-state index contributed by atoms with van der Waals surface area (Å²) in [6, 6.07) is 12.5. The van der Waals surface area contributed by atoms with Gasteiger partial charge in [-0.3, -0.25) is 4.79 Å². The summed E-state index contributed by atoms with van der Waals surface area (Å²) in [5.41, 5.74) is 12.8. The molecule has 0 radical (unpaired) electrons. The number of nitrogens with zero attached hydrogens (tertiary/aromatic N) is 3. The first-order valence-electron chi connectivity index (χ1n) is 8.69. The first-order valence-corrected chi connectivity index (χ1v) is 8.69. The molecule has 0 bridgehead atoms. The summed E-state index contributed by atoms with van der Waals surface area (Å²) >= 11 is 0. The van der Waals surface area contributed by atoms with Crippen LogP contribution in [-0.2, 0) is 0 Å². The zero-order chi connectivity index (χ0) is 20.4. The molecular weight excluding hydrogens is 370 g/mol. The maximum atomic E-state index is 12.8. The Bertz CT molecular complexity index is 1340. The highest BCUT2D eigenvalue weighted by Crippen LogP contribution is 2.22. The molecule has 29 heavy (non-hydrogen) atoms. The molecular formula is C21H17N5O3. The van der Waals surface area contributed by atoms with Crippen molar-refractivity contribution in [3.8, 4) is 5.75 Å². The number of hydrogen-bond donors (Lipinski definition) is 2. The average Bonchev–Trinajstić information content (AvgIpc) is 2.72. The largest absolute Gasteiger partial charge is 0.497 e. The summed E-state index contributed by atoms with van der Waals surface area (Å²) in [6.07, 6.45) is 4.75. The Kier molecular flexibility index (Phi) is 4.66. The number of para-hydroxylation sites is 1. The molecule has 0 saturated carbocycles. The fourth-order valence-corrected chi connectivity index (χ4v) is 2.92. The van der Waals surface area contributed by atoms with Gasteiger partial charge in [0.25, 0.3) is 5.95 Å². The minimum Gasteiger partial charge on any atom is -0.497 e. The molecule has 0 aliphatic rings. The molecule has 0 aliphatic carbocycles. The van der Waals surface area contributed by atoms with Crippen molar-refractivity contribution in [2.75, 3.05) is 7.11 Å². The third-order valence-electron chi connectivity index (χ3n) is 4.28. The van der Waals surface area contributed by atoms with E-state index in [1.165, 1.54) is 6.26 Å². The molecule has 4 aromatic rings. The summed E-state index contributed by atoms with van der Waals surface area (Å²) in [4.78, 5) is 25.5. The van der Waals surface area contributed by atoms with Gasteiger partial charge in [-0.25, -0.2) is 9.97 Å². The fraction of sp³-hybridized carbons (Fsp3) is 0.0476. The second-order valence-electron chi connectivity index (χ2n) is 6.18. The normalized spacial score (nSPS) is 11.2. The molecule has 0 amide bonds. The van der Waals surface area contributed by atoms with E-state index < -0.39 is 0 Å². The van der Waals surface area contributed by atoms with Crippen LogP contribution in [0.25, 0.3) is 34.0 Å². The summed E-state index contributed by atoms with van der Waals surface area (Å²) in [6.45, 7) is 0. The van der Waals surface area contributed by atoms with Crippen molar-refractivity contribution in [1.29, 1.82) is 0 Å². The van der Waals surface area contributed by atoms with Gasteiger partial charge in [0.15, 0.2) is 11.4 Å². The first kappa shape index (κ1) is 18.2. The van der Waals surface area contributed by atoms with E-state index in [0.717, 1.165) is 5.39 Å². The topological polar surface area (TPSA) is 130 Å². The number of guanidine groups is 1.